The number of esters is 4. The molecule has 3 aromatic rings. The summed E-state index contributed by atoms with van der Waals surface area (Å²) in [6, 6.07) is 21.6. The minimum atomic E-state index is -1.78. The molecule has 7 rings (SSSR count). The molecule has 1 unspecified atom stereocenters. The van der Waals surface area contributed by atoms with E-state index in [1.54, 1.807) is 73.7 Å². The lowest BCUT2D eigenvalue weighted by Gasteiger charge is -2.52. The minimum absolute atomic E-state index is 0.0413. The number of imide groups is 1. The van der Waals surface area contributed by atoms with Crippen LogP contribution in [-0.4, -0.2) is 122 Å². The summed E-state index contributed by atoms with van der Waals surface area (Å²) in [4.78, 5) is 80.8. The molecule has 0 saturated carbocycles. The maximum atomic E-state index is 14.3. The Kier molecular flexibility index (Phi) is 12.8. The molecule has 4 aliphatic rings. The van der Waals surface area contributed by atoms with Crippen molar-refractivity contribution in [2.45, 2.75) is 95.3 Å². The molecule has 0 bridgehead atoms. The number of hydrogen-bond donors (Lipinski definition) is 0. The summed E-state index contributed by atoms with van der Waals surface area (Å²) >= 11 is 0. The third-order valence-electron chi connectivity index (χ3n) is 10.0. The molecule has 4 heterocycles. The van der Waals surface area contributed by atoms with Crippen LogP contribution in [0.2, 0.25) is 0 Å². The van der Waals surface area contributed by atoms with Crippen LogP contribution in [0.5, 0.6) is 0 Å². The Morgan fingerprint density at radius 2 is 1.29 bits per heavy atom. The third-order valence-corrected chi connectivity index (χ3v) is 10.0. The van der Waals surface area contributed by atoms with Crippen LogP contribution in [0.1, 0.15) is 70.6 Å². The van der Waals surface area contributed by atoms with E-state index < -0.39 is 110 Å². The fourth-order valence-corrected chi connectivity index (χ4v) is 7.57. The van der Waals surface area contributed by atoms with Gasteiger partial charge in [0.05, 0.1) is 23.3 Å². The van der Waals surface area contributed by atoms with Gasteiger partial charge in [-0.3, -0.25) is 28.9 Å². The molecule has 4 aliphatic heterocycles. The zero-order valence-corrected chi connectivity index (χ0v) is 32.5. The largest absolute Gasteiger partial charge is 0.463 e. The smallest absolute Gasteiger partial charge is 0.338 e. The number of amides is 2. The van der Waals surface area contributed by atoms with E-state index in [9.17, 15) is 28.8 Å². The molecule has 11 atom stereocenters. The number of rotatable bonds is 12. The van der Waals surface area contributed by atoms with Gasteiger partial charge in [0.2, 0.25) is 0 Å². The average Bonchev–Trinajstić information content (AvgIpc) is 3.47. The molecule has 3 fully saturated rings. The van der Waals surface area contributed by atoms with Crippen LogP contribution in [0.3, 0.4) is 0 Å². The zero-order valence-electron chi connectivity index (χ0n) is 32.5. The van der Waals surface area contributed by atoms with Gasteiger partial charge < -0.3 is 47.4 Å². The molecule has 0 aliphatic carbocycles. The van der Waals surface area contributed by atoms with Gasteiger partial charge in [0.15, 0.2) is 37.2 Å². The molecule has 3 aromatic carbocycles. The Hall–Kier alpha value is -5.56. The molecule has 0 N–H and O–H groups in total. The molecule has 312 valence electrons. The first-order valence-corrected chi connectivity index (χ1v) is 19.1. The summed E-state index contributed by atoms with van der Waals surface area (Å²) in [5.74, 6) is -4.80. The van der Waals surface area contributed by atoms with E-state index >= 15 is 0 Å². The summed E-state index contributed by atoms with van der Waals surface area (Å²) < 4.78 is 61.3. The quantitative estimate of drug-likeness (QED) is 0.146. The Morgan fingerprint density at radius 1 is 0.678 bits per heavy atom. The SMILES string of the molecule is CCO[C@@H]1O[C@@H]2COC(c3ccccc3)O[C@@H]2[C@H](O[C@@H]2O[C@H](COC(C)=O)[C@@H](OC(C)=O)[C@H](OC(C)=O)[C@H]2N2C(=O)c3ccccc3C2=O)[C@H]1OC(=O)c1ccccc1. The molecular weight excluding hydrogens is 774 g/mol. The van der Waals surface area contributed by atoms with E-state index in [2.05, 4.69) is 0 Å². The first-order chi connectivity index (χ1) is 28.4. The third kappa shape index (κ3) is 8.90. The summed E-state index contributed by atoms with van der Waals surface area (Å²) in [6.45, 7) is 4.56. The Balaban J connectivity index is 1.36. The van der Waals surface area contributed by atoms with Gasteiger partial charge in [-0.1, -0.05) is 60.7 Å². The topological polar surface area (TPSA) is 198 Å². The van der Waals surface area contributed by atoms with Crippen molar-refractivity contribution < 1.29 is 76.1 Å². The monoisotopic (exact) mass is 817 g/mol. The van der Waals surface area contributed by atoms with E-state index in [0.717, 1.165) is 25.7 Å². The van der Waals surface area contributed by atoms with Crippen LogP contribution < -0.4 is 0 Å². The van der Waals surface area contributed by atoms with Gasteiger partial charge in [0, 0.05) is 32.9 Å². The molecule has 0 spiro atoms. The number of benzene rings is 3. The molecule has 2 amide bonds. The van der Waals surface area contributed by atoms with Gasteiger partial charge in [0.25, 0.3) is 11.8 Å². The molecule has 17 heteroatoms. The van der Waals surface area contributed by atoms with Crippen molar-refractivity contribution in [1.29, 1.82) is 0 Å². The van der Waals surface area contributed by atoms with Crippen LogP contribution in [-0.2, 0) is 61.8 Å². The van der Waals surface area contributed by atoms with Gasteiger partial charge in [-0.15, -0.1) is 0 Å². The van der Waals surface area contributed by atoms with E-state index in [4.69, 9.17) is 47.4 Å². The molecule has 0 aromatic heterocycles. The number of fused-ring (bicyclic) bond motifs is 2. The van der Waals surface area contributed by atoms with Crippen LogP contribution >= 0.6 is 0 Å². The fraction of sp³-hybridized carbons (Fsp3) is 0.429. The maximum Gasteiger partial charge on any atom is 0.338 e. The van der Waals surface area contributed by atoms with Crippen molar-refractivity contribution in [3.8, 4) is 0 Å². The van der Waals surface area contributed by atoms with Gasteiger partial charge in [-0.25, -0.2) is 4.79 Å². The highest BCUT2D eigenvalue weighted by Gasteiger charge is 2.60. The number of carbonyl (C=O) groups excluding carboxylic acids is 6. The average molecular weight is 818 g/mol. The molecule has 3 saturated heterocycles. The van der Waals surface area contributed by atoms with Crippen LogP contribution in [0.4, 0.5) is 0 Å². The minimum Gasteiger partial charge on any atom is -0.463 e. The van der Waals surface area contributed by atoms with Crippen molar-refractivity contribution in [2.75, 3.05) is 19.8 Å². The Bertz CT molecular complexity index is 1990. The van der Waals surface area contributed by atoms with Crippen LogP contribution in [0, 0.1) is 0 Å². The van der Waals surface area contributed by atoms with Gasteiger partial charge in [-0.05, 0) is 31.2 Å². The van der Waals surface area contributed by atoms with Gasteiger partial charge in [0.1, 0.15) is 37.1 Å². The second-order valence-corrected chi connectivity index (χ2v) is 14.0. The first kappa shape index (κ1) is 41.6. The lowest BCUT2D eigenvalue weighted by Crippen LogP contribution is -2.70. The highest BCUT2D eigenvalue weighted by molar-refractivity contribution is 6.21. The predicted octanol–water partition coefficient (Wildman–Crippen LogP) is 3.29. The lowest BCUT2D eigenvalue weighted by molar-refractivity contribution is -0.387. The normalized spacial score (nSPS) is 30.1. The van der Waals surface area contributed by atoms with Crippen molar-refractivity contribution in [2.24, 2.45) is 0 Å². The molecule has 0 radical (unpaired) electrons. The Labute approximate surface area is 338 Å². The van der Waals surface area contributed by atoms with Crippen LogP contribution in [0.25, 0.3) is 0 Å². The summed E-state index contributed by atoms with van der Waals surface area (Å²) in [5, 5.41) is 0. The van der Waals surface area contributed by atoms with E-state index in [0.29, 0.717) is 5.56 Å². The summed E-state index contributed by atoms with van der Waals surface area (Å²) in [5.41, 5.74) is 0.920. The number of ether oxygens (including phenoxy) is 10. The second kappa shape index (κ2) is 18.1. The van der Waals surface area contributed by atoms with Crippen molar-refractivity contribution in [3.05, 3.63) is 107 Å². The van der Waals surface area contributed by atoms with Gasteiger partial charge in [-0.2, -0.15) is 0 Å². The number of nitrogens with zero attached hydrogens (tertiary/aromatic N) is 1. The highest BCUT2D eigenvalue weighted by Crippen LogP contribution is 2.41. The second-order valence-electron chi connectivity index (χ2n) is 14.0. The van der Waals surface area contributed by atoms with Gasteiger partial charge >= 0.3 is 23.9 Å². The van der Waals surface area contributed by atoms with E-state index in [-0.39, 0.29) is 29.9 Å². The van der Waals surface area contributed by atoms with Crippen molar-refractivity contribution in [3.63, 3.8) is 0 Å². The number of hydrogen-bond acceptors (Lipinski definition) is 16. The Morgan fingerprint density at radius 3 is 1.90 bits per heavy atom. The van der Waals surface area contributed by atoms with Crippen molar-refractivity contribution >= 4 is 35.7 Å². The summed E-state index contributed by atoms with van der Waals surface area (Å²) in [7, 11) is 0. The maximum absolute atomic E-state index is 14.3. The summed E-state index contributed by atoms with van der Waals surface area (Å²) in [6.07, 6.45) is -13.5. The first-order valence-electron chi connectivity index (χ1n) is 19.1. The van der Waals surface area contributed by atoms with E-state index in [1.165, 1.54) is 12.1 Å². The molecule has 17 nitrogen and oxygen atoms in total. The number of carbonyl (C=O) groups is 6. The van der Waals surface area contributed by atoms with E-state index in [1.807, 2.05) is 6.07 Å². The zero-order chi connectivity index (χ0) is 41.8. The lowest BCUT2D eigenvalue weighted by atomic mass is 9.93. The molecular formula is C42H43NO16. The highest BCUT2D eigenvalue weighted by atomic mass is 16.8. The van der Waals surface area contributed by atoms with Crippen molar-refractivity contribution in [1.82, 2.24) is 4.90 Å². The fourth-order valence-electron chi connectivity index (χ4n) is 7.57. The predicted molar refractivity (Wildman–Crippen MR) is 198 cm³/mol. The standard InChI is InChI=1S/C42H43NO16/c1-5-50-42-36(57-39(49)25-14-8-6-9-15-25)35(33-30(56-42)21-52-40(58-33)26-16-10-7-11-17-26)59-41-31(43-37(47)27-18-12-13-19-28(27)38(43)48)34(54-24(4)46)32(53-23(3)45)29(55-41)20-51-22(2)44/h6-19,29-36,40-42H,5,20-21H2,1-4H3/t29-,30-,31-,32-,33+,34-,35+,36-,40?,41+,42-/m1/s1. The van der Waals surface area contributed by atoms with Crippen LogP contribution in [0.15, 0.2) is 84.9 Å². The molecule has 59 heavy (non-hydrogen) atoms.